The number of carbonyl (C=O) groups excluding carboxylic acids is 2. The molecule has 2 N–H and O–H groups in total. The van der Waals surface area contributed by atoms with Crippen LogP contribution in [-0.2, 0) is 4.79 Å². The van der Waals surface area contributed by atoms with Crippen LogP contribution in [0.5, 0.6) is 11.5 Å². The lowest BCUT2D eigenvalue weighted by molar-refractivity contribution is -0.129. The maximum Gasteiger partial charge on any atom is 0.258 e. The standard InChI is InChI=1S/C13H18N2O4/c1-4-15(8-12(18)14(2)3)13(19)10-6-5-9(16)7-11(10)17/h5-7,16-17H,4,8H2,1-3H3. The molecule has 1 rings (SSSR count). The van der Waals surface area contributed by atoms with Gasteiger partial charge in [-0.2, -0.15) is 0 Å². The van der Waals surface area contributed by atoms with Crippen molar-refractivity contribution in [1.82, 2.24) is 9.80 Å². The first-order chi connectivity index (χ1) is 8.86. The fourth-order valence-corrected chi connectivity index (χ4v) is 1.50. The molecule has 0 atom stereocenters. The number of hydrogen-bond acceptors (Lipinski definition) is 4. The van der Waals surface area contributed by atoms with E-state index in [1.165, 1.54) is 21.9 Å². The molecule has 1 aromatic carbocycles. The molecule has 6 heteroatoms. The molecule has 0 saturated heterocycles. The Morgan fingerprint density at radius 3 is 2.32 bits per heavy atom. The Morgan fingerprint density at radius 2 is 1.84 bits per heavy atom. The van der Waals surface area contributed by atoms with Crippen LogP contribution in [0, 0.1) is 0 Å². The topological polar surface area (TPSA) is 81.1 Å². The summed E-state index contributed by atoms with van der Waals surface area (Å²) in [4.78, 5) is 26.5. The highest BCUT2D eigenvalue weighted by molar-refractivity contribution is 5.98. The molecular formula is C13H18N2O4. The number of phenols is 2. The molecular weight excluding hydrogens is 248 g/mol. The molecule has 104 valence electrons. The largest absolute Gasteiger partial charge is 0.508 e. The van der Waals surface area contributed by atoms with Gasteiger partial charge in [-0.05, 0) is 19.1 Å². The van der Waals surface area contributed by atoms with Gasteiger partial charge in [0.1, 0.15) is 11.5 Å². The van der Waals surface area contributed by atoms with Crippen molar-refractivity contribution < 1.29 is 19.8 Å². The maximum atomic E-state index is 12.2. The Hall–Kier alpha value is -2.24. The minimum absolute atomic E-state index is 0.0529. The molecule has 0 unspecified atom stereocenters. The Morgan fingerprint density at radius 1 is 1.21 bits per heavy atom. The Kier molecular flexibility index (Phi) is 4.74. The van der Waals surface area contributed by atoms with Crippen LogP contribution in [-0.4, -0.2) is 59.0 Å². The van der Waals surface area contributed by atoms with E-state index in [2.05, 4.69) is 0 Å². The monoisotopic (exact) mass is 266 g/mol. The molecule has 6 nitrogen and oxygen atoms in total. The van der Waals surface area contributed by atoms with E-state index >= 15 is 0 Å². The molecule has 0 heterocycles. The highest BCUT2D eigenvalue weighted by Gasteiger charge is 2.20. The summed E-state index contributed by atoms with van der Waals surface area (Å²) in [5.41, 5.74) is 0.0613. The van der Waals surface area contributed by atoms with E-state index in [1.807, 2.05) is 0 Å². The normalized spacial score (nSPS) is 10.1. The van der Waals surface area contributed by atoms with Gasteiger partial charge in [-0.1, -0.05) is 0 Å². The molecule has 1 aromatic rings. The van der Waals surface area contributed by atoms with Crippen LogP contribution in [0.4, 0.5) is 0 Å². The minimum atomic E-state index is -0.449. The Labute approximate surface area is 111 Å². The summed E-state index contributed by atoms with van der Waals surface area (Å²) in [6, 6.07) is 3.74. The lowest BCUT2D eigenvalue weighted by Gasteiger charge is -2.22. The molecule has 0 aliphatic rings. The molecule has 0 fully saturated rings. The second-order valence-electron chi connectivity index (χ2n) is 4.31. The van der Waals surface area contributed by atoms with Crippen molar-refractivity contribution >= 4 is 11.8 Å². The van der Waals surface area contributed by atoms with Gasteiger partial charge >= 0.3 is 0 Å². The van der Waals surface area contributed by atoms with Gasteiger partial charge in [0.2, 0.25) is 5.91 Å². The molecule has 2 amide bonds. The molecule has 0 radical (unpaired) electrons. The second-order valence-corrected chi connectivity index (χ2v) is 4.31. The summed E-state index contributed by atoms with van der Waals surface area (Å²) >= 11 is 0. The molecule has 0 aromatic heterocycles. The fourth-order valence-electron chi connectivity index (χ4n) is 1.50. The molecule has 0 aliphatic heterocycles. The average molecular weight is 266 g/mol. The highest BCUT2D eigenvalue weighted by atomic mass is 16.3. The van der Waals surface area contributed by atoms with Gasteiger partial charge in [0.25, 0.3) is 5.91 Å². The number of phenolic OH excluding ortho intramolecular Hbond substituents is 2. The Bertz CT molecular complexity index is 486. The summed E-state index contributed by atoms with van der Waals surface area (Å²) in [5, 5.41) is 18.8. The van der Waals surface area contributed by atoms with E-state index in [0.29, 0.717) is 6.54 Å². The van der Waals surface area contributed by atoms with Crippen molar-refractivity contribution in [2.45, 2.75) is 6.92 Å². The van der Waals surface area contributed by atoms with E-state index in [9.17, 15) is 19.8 Å². The Balaban J connectivity index is 2.92. The number of aromatic hydroxyl groups is 2. The van der Waals surface area contributed by atoms with Crippen LogP contribution in [0.2, 0.25) is 0 Å². The predicted molar refractivity (Wildman–Crippen MR) is 70.0 cm³/mol. The third kappa shape index (κ3) is 3.61. The van der Waals surface area contributed by atoms with E-state index < -0.39 is 5.91 Å². The lowest BCUT2D eigenvalue weighted by Crippen LogP contribution is -2.40. The number of carbonyl (C=O) groups is 2. The molecule has 0 spiro atoms. The molecule has 0 saturated carbocycles. The minimum Gasteiger partial charge on any atom is -0.508 e. The van der Waals surface area contributed by atoms with Gasteiger partial charge in [-0.15, -0.1) is 0 Å². The third-order valence-corrected chi connectivity index (χ3v) is 2.71. The lowest BCUT2D eigenvalue weighted by atomic mass is 10.1. The first-order valence-electron chi connectivity index (χ1n) is 5.88. The summed E-state index contributed by atoms with van der Waals surface area (Å²) in [5.74, 6) is -1.08. The van der Waals surface area contributed by atoms with Crippen LogP contribution in [0.15, 0.2) is 18.2 Å². The third-order valence-electron chi connectivity index (χ3n) is 2.71. The predicted octanol–water partition coefficient (Wildman–Crippen LogP) is 0.648. The fraction of sp³-hybridized carbons (Fsp3) is 0.385. The van der Waals surface area contributed by atoms with Crippen molar-refractivity contribution in [1.29, 1.82) is 0 Å². The van der Waals surface area contributed by atoms with Crippen LogP contribution in [0.25, 0.3) is 0 Å². The van der Waals surface area contributed by atoms with Crippen molar-refractivity contribution in [2.24, 2.45) is 0 Å². The van der Waals surface area contributed by atoms with E-state index in [-0.39, 0.29) is 29.5 Å². The van der Waals surface area contributed by atoms with Crippen LogP contribution < -0.4 is 0 Å². The summed E-state index contributed by atoms with van der Waals surface area (Å²) in [6.45, 7) is 2.04. The zero-order chi connectivity index (χ0) is 14.6. The first kappa shape index (κ1) is 14.8. The van der Waals surface area contributed by atoms with Crippen LogP contribution in [0.1, 0.15) is 17.3 Å². The number of likely N-dealkylation sites (N-methyl/N-ethyl adjacent to an activating group) is 2. The smallest absolute Gasteiger partial charge is 0.258 e. The van der Waals surface area contributed by atoms with Crippen molar-refractivity contribution in [2.75, 3.05) is 27.2 Å². The van der Waals surface area contributed by atoms with Gasteiger partial charge in [0.15, 0.2) is 0 Å². The number of rotatable bonds is 4. The van der Waals surface area contributed by atoms with Gasteiger partial charge < -0.3 is 20.0 Å². The SMILES string of the molecule is CCN(CC(=O)N(C)C)C(=O)c1ccc(O)cc1O. The van der Waals surface area contributed by atoms with Gasteiger partial charge in [-0.25, -0.2) is 0 Å². The zero-order valence-electron chi connectivity index (χ0n) is 11.3. The van der Waals surface area contributed by atoms with Gasteiger partial charge in [-0.3, -0.25) is 9.59 Å². The molecule has 0 bridgehead atoms. The summed E-state index contributed by atoms with van der Waals surface area (Å²) in [6.07, 6.45) is 0. The quantitative estimate of drug-likeness (QED) is 0.838. The van der Waals surface area contributed by atoms with Crippen LogP contribution >= 0.6 is 0 Å². The summed E-state index contributed by atoms with van der Waals surface area (Å²) in [7, 11) is 3.22. The maximum absolute atomic E-state index is 12.2. The molecule has 0 aliphatic carbocycles. The zero-order valence-corrected chi connectivity index (χ0v) is 11.3. The average Bonchev–Trinajstić information content (AvgIpc) is 2.34. The van der Waals surface area contributed by atoms with Gasteiger partial charge in [0, 0.05) is 26.7 Å². The summed E-state index contributed by atoms with van der Waals surface area (Å²) < 4.78 is 0. The van der Waals surface area contributed by atoms with E-state index in [4.69, 9.17) is 0 Å². The van der Waals surface area contributed by atoms with Crippen molar-refractivity contribution in [3.05, 3.63) is 23.8 Å². The number of amides is 2. The van der Waals surface area contributed by atoms with Crippen molar-refractivity contribution in [3.63, 3.8) is 0 Å². The molecule has 19 heavy (non-hydrogen) atoms. The highest BCUT2D eigenvalue weighted by Crippen LogP contribution is 2.23. The van der Waals surface area contributed by atoms with E-state index in [0.717, 1.165) is 6.07 Å². The second kappa shape index (κ2) is 6.08. The number of nitrogens with zero attached hydrogens (tertiary/aromatic N) is 2. The van der Waals surface area contributed by atoms with Gasteiger partial charge in [0.05, 0.1) is 12.1 Å². The number of benzene rings is 1. The number of hydrogen-bond donors (Lipinski definition) is 2. The van der Waals surface area contributed by atoms with Crippen molar-refractivity contribution in [3.8, 4) is 11.5 Å². The van der Waals surface area contributed by atoms with E-state index in [1.54, 1.807) is 21.0 Å². The first-order valence-corrected chi connectivity index (χ1v) is 5.88. The van der Waals surface area contributed by atoms with Crippen LogP contribution in [0.3, 0.4) is 0 Å².